The van der Waals surface area contributed by atoms with Gasteiger partial charge in [0.2, 0.25) is 10.0 Å². The van der Waals surface area contributed by atoms with Gasteiger partial charge in [-0.3, -0.25) is 0 Å². The van der Waals surface area contributed by atoms with Crippen LogP contribution in [0.1, 0.15) is 12.5 Å². The van der Waals surface area contributed by atoms with Crippen LogP contribution in [-0.2, 0) is 10.0 Å². The maximum atomic E-state index is 12.5. The number of sulfonamides is 1. The van der Waals surface area contributed by atoms with E-state index in [1.54, 1.807) is 12.1 Å². The van der Waals surface area contributed by atoms with Crippen molar-refractivity contribution in [3.63, 3.8) is 0 Å². The predicted octanol–water partition coefficient (Wildman–Crippen LogP) is 1.93. The average Bonchev–Trinajstić information content (AvgIpc) is 2.15. The third-order valence-corrected chi connectivity index (χ3v) is 3.32. The minimum atomic E-state index is -3.84. The molecule has 0 amide bonds. The van der Waals surface area contributed by atoms with Crippen molar-refractivity contribution in [2.24, 2.45) is 0 Å². The molecule has 0 spiro atoms. The molecule has 3 nitrogen and oxygen atoms in total. The summed E-state index contributed by atoms with van der Waals surface area (Å²) in [6, 6.07) is 5.98. The summed E-state index contributed by atoms with van der Waals surface area (Å²) in [6.07, 6.45) is 0. The van der Waals surface area contributed by atoms with E-state index in [0.29, 0.717) is 6.92 Å². The van der Waals surface area contributed by atoms with Gasteiger partial charge in [0.1, 0.15) is 0 Å². The molecule has 0 saturated heterocycles. The summed E-state index contributed by atoms with van der Waals surface area (Å²) >= 11 is 0. The molecule has 0 bridgehead atoms. The van der Waals surface area contributed by atoms with Gasteiger partial charge in [0.25, 0.3) is 5.92 Å². The first-order chi connectivity index (χ1) is 7.21. The number of nitrogens with one attached hydrogen (secondary N) is 1. The van der Waals surface area contributed by atoms with Gasteiger partial charge < -0.3 is 0 Å². The van der Waals surface area contributed by atoms with Crippen LogP contribution in [0, 0.1) is 6.92 Å². The Bertz CT molecular complexity index is 449. The van der Waals surface area contributed by atoms with Crippen molar-refractivity contribution in [2.45, 2.75) is 24.7 Å². The van der Waals surface area contributed by atoms with E-state index in [1.165, 1.54) is 12.1 Å². The minimum absolute atomic E-state index is 0.0117. The zero-order valence-corrected chi connectivity index (χ0v) is 9.81. The Morgan fingerprint density at radius 3 is 2.19 bits per heavy atom. The maximum Gasteiger partial charge on any atom is 0.258 e. The molecule has 6 heteroatoms. The molecule has 1 rings (SSSR count). The summed E-state index contributed by atoms with van der Waals surface area (Å²) in [6.45, 7) is 1.57. The van der Waals surface area contributed by atoms with E-state index in [4.69, 9.17) is 0 Å². The predicted molar refractivity (Wildman–Crippen MR) is 57.0 cm³/mol. The highest BCUT2D eigenvalue weighted by atomic mass is 32.2. The molecule has 0 fully saturated rings. The Kier molecular flexibility index (Phi) is 3.64. The van der Waals surface area contributed by atoms with Gasteiger partial charge in [0.15, 0.2) is 0 Å². The van der Waals surface area contributed by atoms with Gasteiger partial charge in [0, 0.05) is 6.92 Å². The van der Waals surface area contributed by atoms with Crippen molar-refractivity contribution < 1.29 is 17.2 Å². The first kappa shape index (κ1) is 13.1. The van der Waals surface area contributed by atoms with Crippen LogP contribution in [0.3, 0.4) is 0 Å². The standard InChI is InChI=1S/C10H13F2NO2S/c1-8-3-5-9(6-4-8)16(14,15)13-7-10(2,11)12/h3-6,13H,7H2,1-2H3. The Morgan fingerprint density at radius 1 is 1.25 bits per heavy atom. The second-order valence-electron chi connectivity index (χ2n) is 3.71. The lowest BCUT2D eigenvalue weighted by molar-refractivity contribution is 0.0281. The highest BCUT2D eigenvalue weighted by molar-refractivity contribution is 7.89. The molecule has 0 aromatic heterocycles. The number of halogens is 2. The molecular weight excluding hydrogens is 236 g/mol. The molecular formula is C10H13F2NO2S. The van der Waals surface area contributed by atoms with E-state index in [2.05, 4.69) is 0 Å². The van der Waals surface area contributed by atoms with Crippen LogP contribution in [0.4, 0.5) is 8.78 Å². The molecule has 0 aliphatic heterocycles. The molecule has 1 aromatic rings. The molecule has 16 heavy (non-hydrogen) atoms. The summed E-state index contributed by atoms with van der Waals surface area (Å²) in [5.41, 5.74) is 0.903. The zero-order chi connectivity index (χ0) is 12.4. The molecule has 0 aliphatic carbocycles. The number of hydrogen-bond acceptors (Lipinski definition) is 2. The number of hydrogen-bond donors (Lipinski definition) is 1. The Hall–Kier alpha value is -1.01. The Morgan fingerprint density at radius 2 is 1.75 bits per heavy atom. The fourth-order valence-electron chi connectivity index (χ4n) is 1.02. The van der Waals surface area contributed by atoms with E-state index in [-0.39, 0.29) is 4.90 Å². The van der Waals surface area contributed by atoms with E-state index >= 15 is 0 Å². The average molecular weight is 249 g/mol. The number of aryl methyl sites for hydroxylation is 1. The third kappa shape index (κ3) is 3.86. The van der Waals surface area contributed by atoms with E-state index < -0.39 is 22.5 Å². The van der Waals surface area contributed by atoms with Crippen LogP contribution in [0.2, 0.25) is 0 Å². The third-order valence-electron chi connectivity index (χ3n) is 1.90. The van der Waals surface area contributed by atoms with Crippen LogP contribution in [0.5, 0.6) is 0 Å². The fraction of sp³-hybridized carbons (Fsp3) is 0.400. The highest BCUT2D eigenvalue weighted by Gasteiger charge is 2.24. The van der Waals surface area contributed by atoms with Crippen molar-refractivity contribution in [3.05, 3.63) is 29.8 Å². The highest BCUT2D eigenvalue weighted by Crippen LogP contribution is 2.13. The Balaban J connectivity index is 2.83. The summed E-state index contributed by atoms with van der Waals surface area (Å²) in [4.78, 5) is -0.0117. The second kappa shape index (κ2) is 4.47. The van der Waals surface area contributed by atoms with Gasteiger partial charge >= 0.3 is 0 Å². The lowest BCUT2D eigenvalue weighted by Crippen LogP contribution is -2.34. The normalized spacial score (nSPS) is 12.8. The van der Waals surface area contributed by atoms with Gasteiger partial charge in [-0.05, 0) is 19.1 Å². The largest absolute Gasteiger partial charge is 0.258 e. The lowest BCUT2D eigenvalue weighted by atomic mass is 10.2. The summed E-state index contributed by atoms with van der Waals surface area (Å²) in [5.74, 6) is -3.06. The maximum absolute atomic E-state index is 12.5. The number of benzene rings is 1. The molecule has 0 atom stereocenters. The monoisotopic (exact) mass is 249 g/mol. The van der Waals surface area contributed by atoms with E-state index in [9.17, 15) is 17.2 Å². The van der Waals surface area contributed by atoms with Crippen LogP contribution in [0.15, 0.2) is 29.2 Å². The van der Waals surface area contributed by atoms with Crippen molar-refractivity contribution in [1.29, 1.82) is 0 Å². The van der Waals surface area contributed by atoms with Gasteiger partial charge in [-0.15, -0.1) is 0 Å². The zero-order valence-electron chi connectivity index (χ0n) is 9.00. The van der Waals surface area contributed by atoms with Crippen LogP contribution < -0.4 is 4.72 Å². The molecule has 0 heterocycles. The van der Waals surface area contributed by atoms with Crippen molar-refractivity contribution in [2.75, 3.05) is 6.54 Å². The molecule has 0 radical (unpaired) electrons. The van der Waals surface area contributed by atoms with Crippen molar-refractivity contribution in [1.82, 2.24) is 4.72 Å². The van der Waals surface area contributed by atoms with Crippen molar-refractivity contribution in [3.8, 4) is 0 Å². The van der Waals surface area contributed by atoms with E-state index in [1.807, 2.05) is 11.6 Å². The Labute approximate surface area is 93.5 Å². The van der Waals surface area contributed by atoms with Crippen LogP contribution >= 0.6 is 0 Å². The molecule has 1 N–H and O–H groups in total. The molecule has 0 unspecified atom stereocenters. The smallest absolute Gasteiger partial charge is 0.207 e. The van der Waals surface area contributed by atoms with E-state index in [0.717, 1.165) is 5.56 Å². The molecule has 90 valence electrons. The molecule has 0 aliphatic rings. The second-order valence-corrected chi connectivity index (χ2v) is 5.47. The SMILES string of the molecule is Cc1ccc(S(=O)(=O)NCC(C)(F)F)cc1. The summed E-state index contributed by atoms with van der Waals surface area (Å²) in [7, 11) is -3.84. The van der Waals surface area contributed by atoms with Crippen molar-refractivity contribution >= 4 is 10.0 Å². The first-order valence-electron chi connectivity index (χ1n) is 4.65. The van der Waals surface area contributed by atoms with Gasteiger partial charge in [-0.1, -0.05) is 17.7 Å². The van der Waals surface area contributed by atoms with Crippen LogP contribution in [-0.4, -0.2) is 20.9 Å². The van der Waals surface area contributed by atoms with Gasteiger partial charge in [-0.25, -0.2) is 21.9 Å². The lowest BCUT2D eigenvalue weighted by Gasteiger charge is -2.11. The quantitative estimate of drug-likeness (QED) is 0.886. The molecule has 1 aromatic carbocycles. The number of rotatable bonds is 4. The molecule has 0 saturated carbocycles. The first-order valence-corrected chi connectivity index (χ1v) is 6.13. The number of alkyl halides is 2. The van der Waals surface area contributed by atoms with Crippen LogP contribution in [0.25, 0.3) is 0 Å². The summed E-state index contributed by atoms with van der Waals surface area (Å²) < 4.78 is 50.0. The fourth-order valence-corrected chi connectivity index (χ4v) is 2.13. The van der Waals surface area contributed by atoms with Gasteiger partial charge in [0.05, 0.1) is 11.4 Å². The summed E-state index contributed by atoms with van der Waals surface area (Å²) in [5, 5.41) is 0. The topological polar surface area (TPSA) is 46.2 Å². The minimum Gasteiger partial charge on any atom is -0.207 e. The van der Waals surface area contributed by atoms with Gasteiger partial charge in [-0.2, -0.15) is 0 Å².